The van der Waals surface area contributed by atoms with E-state index >= 15 is 0 Å². The molecule has 3 aliphatic rings. The largest absolute Gasteiger partial charge is 0.769 e. The van der Waals surface area contributed by atoms with E-state index in [9.17, 15) is 25.6 Å². The Hall–Kier alpha value is -2.91. The van der Waals surface area contributed by atoms with E-state index in [4.69, 9.17) is 4.74 Å². The molecule has 0 saturated heterocycles. The van der Waals surface area contributed by atoms with E-state index in [1.54, 1.807) is 0 Å². The van der Waals surface area contributed by atoms with Crippen LogP contribution in [0.4, 0.5) is 11.4 Å². The SMILES string of the molecule is C=C1CC[C@@H](OC(=O)c2cc(N([O-])[O-])cc(N(O)O)c2)CC1=CC=C1CCC[C@]2(C)C[C@@H]([C@@H](C)C=C[C@@H](C)C(C)C)C[C@@H]12. The second-order valence-electron chi connectivity index (χ2n) is 13.7. The smallest absolute Gasteiger partial charge is 0.338 e. The fourth-order valence-corrected chi connectivity index (χ4v) is 7.12. The fraction of sp³-hybridized carbons (Fsp3) is 0.571. The minimum absolute atomic E-state index is 0.116. The van der Waals surface area contributed by atoms with E-state index < -0.39 is 23.0 Å². The maximum atomic E-state index is 12.9. The summed E-state index contributed by atoms with van der Waals surface area (Å²) in [6.45, 7) is 16.0. The second kappa shape index (κ2) is 13.8. The Morgan fingerprint density at radius 2 is 1.81 bits per heavy atom. The number of ether oxygens (including phenoxy) is 1. The molecule has 0 unspecified atom stereocenters. The first-order valence-corrected chi connectivity index (χ1v) is 15.7. The first-order valence-electron chi connectivity index (χ1n) is 15.7. The predicted molar refractivity (Wildman–Crippen MR) is 171 cm³/mol. The van der Waals surface area contributed by atoms with Crippen molar-refractivity contribution in [3.8, 4) is 0 Å². The van der Waals surface area contributed by atoms with Crippen molar-refractivity contribution in [2.75, 3.05) is 10.5 Å². The Labute approximate surface area is 256 Å². The molecule has 8 heteroatoms. The highest BCUT2D eigenvalue weighted by Gasteiger charge is 2.47. The van der Waals surface area contributed by atoms with E-state index in [-0.39, 0.29) is 16.5 Å². The van der Waals surface area contributed by atoms with Gasteiger partial charge in [0.15, 0.2) is 0 Å². The van der Waals surface area contributed by atoms with Gasteiger partial charge in [0.2, 0.25) is 0 Å². The lowest BCUT2D eigenvalue weighted by Gasteiger charge is -2.38. The van der Waals surface area contributed by atoms with Crippen molar-refractivity contribution in [1.29, 1.82) is 0 Å². The van der Waals surface area contributed by atoms with Crippen molar-refractivity contribution in [1.82, 2.24) is 0 Å². The van der Waals surface area contributed by atoms with Gasteiger partial charge in [-0.3, -0.25) is 10.4 Å². The van der Waals surface area contributed by atoms with Crippen molar-refractivity contribution >= 4 is 17.3 Å². The number of esters is 1. The number of hydrogen-bond donors (Lipinski definition) is 2. The van der Waals surface area contributed by atoms with Crippen molar-refractivity contribution in [3.63, 3.8) is 0 Å². The number of rotatable bonds is 9. The summed E-state index contributed by atoms with van der Waals surface area (Å²) >= 11 is 0. The summed E-state index contributed by atoms with van der Waals surface area (Å²) in [5.74, 6) is 2.33. The first-order chi connectivity index (χ1) is 20.3. The molecule has 0 bridgehead atoms. The minimum atomic E-state index is -0.743. The zero-order valence-corrected chi connectivity index (χ0v) is 26.3. The van der Waals surface area contributed by atoms with Crippen molar-refractivity contribution < 1.29 is 19.9 Å². The van der Waals surface area contributed by atoms with Gasteiger partial charge in [0.05, 0.1) is 11.3 Å². The van der Waals surface area contributed by atoms with Gasteiger partial charge in [-0.2, -0.15) is 0 Å². The fourth-order valence-electron chi connectivity index (χ4n) is 7.12. The lowest BCUT2D eigenvalue weighted by molar-refractivity contribution is 0.0265. The molecule has 2 N–H and O–H groups in total. The lowest BCUT2D eigenvalue weighted by Crippen LogP contribution is -2.27. The van der Waals surface area contributed by atoms with Gasteiger partial charge >= 0.3 is 5.97 Å². The van der Waals surface area contributed by atoms with Crippen LogP contribution in [0.25, 0.3) is 0 Å². The molecule has 0 heterocycles. The number of benzene rings is 1. The van der Waals surface area contributed by atoms with Crippen LogP contribution in [-0.2, 0) is 4.74 Å². The van der Waals surface area contributed by atoms with E-state index in [0.29, 0.717) is 54.3 Å². The highest BCUT2D eigenvalue weighted by Crippen LogP contribution is 2.58. The molecule has 1 aromatic carbocycles. The van der Waals surface area contributed by atoms with Crippen molar-refractivity contribution in [2.24, 2.45) is 35.0 Å². The Morgan fingerprint density at radius 1 is 1.09 bits per heavy atom. The number of nitrogens with zero attached hydrogens (tertiary/aromatic N) is 2. The predicted octanol–water partition coefficient (Wildman–Crippen LogP) is 8.89. The van der Waals surface area contributed by atoms with Crippen LogP contribution in [0.15, 0.2) is 65.8 Å². The summed E-state index contributed by atoms with van der Waals surface area (Å²) < 4.78 is 5.75. The number of anilines is 2. The first kappa shape index (κ1) is 33.0. The molecule has 8 nitrogen and oxygen atoms in total. The van der Waals surface area contributed by atoms with Crippen LogP contribution in [0, 0.1) is 45.4 Å². The van der Waals surface area contributed by atoms with Gasteiger partial charge in [-0.1, -0.05) is 76.6 Å². The number of allylic oxidation sites excluding steroid dienone is 6. The van der Waals surface area contributed by atoms with Gasteiger partial charge in [-0.25, -0.2) is 4.79 Å². The van der Waals surface area contributed by atoms with E-state index in [1.165, 1.54) is 31.3 Å². The molecule has 1 aromatic rings. The van der Waals surface area contributed by atoms with Crippen molar-refractivity contribution in [2.45, 2.75) is 92.1 Å². The third-order valence-corrected chi connectivity index (χ3v) is 10.3. The maximum Gasteiger partial charge on any atom is 0.338 e. The molecule has 3 saturated carbocycles. The zero-order chi connectivity index (χ0) is 31.5. The van der Waals surface area contributed by atoms with E-state index in [1.807, 2.05) is 0 Å². The molecule has 0 radical (unpaired) electrons. The third kappa shape index (κ3) is 7.98. The molecule has 236 valence electrons. The van der Waals surface area contributed by atoms with Gasteiger partial charge in [0.25, 0.3) is 0 Å². The van der Waals surface area contributed by atoms with Gasteiger partial charge < -0.3 is 20.4 Å². The van der Waals surface area contributed by atoms with E-state index in [2.05, 4.69) is 65.5 Å². The average Bonchev–Trinajstić information content (AvgIpc) is 3.33. The topological polar surface area (TPSA) is 119 Å². The van der Waals surface area contributed by atoms with Crippen LogP contribution in [0.1, 0.15) is 96.3 Å². The Kier molecular flexibility index (Phi) is 10.6. The normalized spacial score (nSPS) is 29.3. The summed E-state index contributed by atoms with van der Waals surface area (Å²) in [6.07, 6.45) is 16.8. The summed E-state index contributed by atoms with van der Waals surface area (Å²) in [6, 6.07) is 3.19. The van der Waals surface area contributed by atoms with Gasteiger partial charge in [0.1, 0.15) is 6.10 Å². The number of carbonyl (C=O) groups excluding carboxylic acids is 1. The minimum Gasteiger partial charge on any atom is -0.769 e. The molecule has 3 fully saturated rings. The number of carbonyl (C=O) groups is 1. The molecular formula is C35H48N2O6-2. The van der Waals surface area contributed by atoms with Gasteiger partial charge in [-0.15, -0.1) is 5.23 Å². The average molecular weight is 593 g/mol. The molecule has 4 rings (SSSR count). The molecule has 0 amide bonds. The summed E-state index contributed by atoms with van der Waals surface area (Å²) in [5.41, 5.74) is 3.10. The lowest BCUT2D eigenvalue weighted by atomic mass is 9.67. The Morgan fingerprint density at radius 3 is 2.49 bits per heavy atom. The summed E-state index contributed by atoms with van der Waals surface area (Å²) in [5, 5.41) is 40.3. The van der Waals surface area contributed by atoms with Crippen LogP contribution >= 0.6 is 0 Å². The highest BCUT2D eigenvalue weighted by molar-refractivity contribution is 5.92. The maximum absolute atomic E-state index is 12.9. The second-order valence-corrected chi connectivity index (χ2v) is 13.7. The molecule has 3 aliphatic carbocycles. The monoisotopic (exact) mass is 592 g/mol. The molecular weight excluding hydrogens is 544 g/mol. The Balaban J connectivity index is 1.46. The molecule has 0 aromatic heterocycles. The van der Waals surface area contributed by atoms with Crippen molar-refractivity contribution in [3.05, 3.63) is 81.8 Å². The van der Waals surface area contributed by atoms with E-state index in [0.717, 1.165) is 35.8 Å². The third-order valence-electron chi connectivity index (χ3n) is 10.3. The van der Waals surface area contributed by atoms with Crippen LogP contribution in [0.2, 0.25) is 0 Å². The molecule has 0 aliphatic heterocycles. The summed E-state index contributed by atoms with van der Waals surface area (Å²) in [4.78, 5) is 12.9. The van der Waals surface area contributed by atoms with Crippen LogP contribution in [0.5, 0.6) is 0 Å². The summed E-state index contributed by atoms with van der Waals surface area (Å²) in [7, 11) is 0. The standard InChI is InChI=1S/C35H48N2O6/c1-22(2)23(3)9-10-25(5)29-19-33-26(8-7-15-35(33,6)21-29)12-13-27-18-32(14-11-24(27)4)43-34(38)28-16-30(36(39)40)20-31(17-28)37(41)42/h9-10,12-13,16-17,20,22-23,25,29,32-33,39-40H,4,7-8,11,14-15,18-19,21H2,1-3,5-6H3/q-2/t23-,25+,29+,32-,33+,35-/m1/s1. The number of hydrogen-bond acceptors (Lipinski definition) is 8. The van der Waals surface area contributed by atoms with Crippen LogP contribution < -0.4 is 10.5 Å². The quantitative estimate of drug-likeness (QED) is 0.166. The Bertz CT molecular complexity index is 1240. The molecule has 43 heavy (non-hydrogen) atoms. The van der Waals surface area contributed by atoms with Crippen LogP contribution in [0.3, 0.4) is 0 Å². The molecule has 0 spiro atoms. The molecule has 6 atom stereocenters. The zero-order valence-electron chi connectivity index (χ0n) is 26.3. The number of fused-ring (bicyclic) bond motifs is 1. The highest BCUT2D eigenvalue weighted by atomic mass is 16.8. The van der Waals surface area contributed by atoms with Crippen LogP contribution in [-0.4, -0.2) is 22.5 Å². The van der Waals surface area contributed by atoms with Gasteiger partial charge in [0, 0.05) is 12.1 Å². The van der Waals surface area contributed by atoms with Gasteiger partial charge in [-0.05, 0) is 104 Å².